The predicted octanol–water partition coefficient (Wildman–Crippen LogP) is 11.0. The highest BCUT2D eigenvalue weighted by molar-refractivity contribution is 7.80. The third-order valence-corrected chi connectivity index (χ3v) is 11.7. The van der Waals surface area contributed by atoms with Crippen molar-refractivity contribution in [3.63, 3.8) is 0 Å². The number of hydrogen-bond acceptors (Lipinski definition) is 11. The highest BCUT2D eigenvalue weighted by Gasteiger charge is 2.48. The second-order valence-corrected chi connectivity index (χ2v) is 18.1. The number of unbranched alkanes of at least 4 members (excludes halogenated alkanes) is 24. The first-order valence-electron chi connectivity index (χ1n) is 24.7. The Bertz CT molecular complexity index is 1230. The Hall–Kier alpha value is -1.68. The molecule has 0 aromatic rings. The molecule has 1 rings (SSSR count). The summed E-state index contributed by atoms with van der Waals surface area (Å²) in [6.45, 7) is 3.96. The van der Waals surface area contributed by atoms with Crippen LogP contribution in [0, 0.1) is 0 Å². The molecule has 1 aliphatic rings. The van der Waals surface area contributed by atoms with Crippen LogP contribution in [0.1, 0.15) is 206 Å². The predicted molar refractivity (Wildman–Crippen MR) is 248 cm³/mol. The molecule has 364 valence electrons. The molecule has 13 heteroatoms. The van der Waals surface area contributed by atoms with Gasteiger partial charge in [-0.2, -0.15) is 8.42 Å². The van der Waals surface area contributed by atoms with Crippen LogP contribution in [0.25, 0.3) is 0 Å². The summed E-state index contributed by atoms with van der Waals surface area (Å²) in [5.41, 5.74) is 0. The van der Waals surface area contributed by atoms with Crippen LogP contribution in [0.5, 0.6) is 0 Å². The van der Waals surface area contributed by atoms with Gasteiger partial charge in [0.1, 0.15) is 30.5 Å². The Balaban J connectivity index is 2.27. The summed E-state index contributed by atoms with van der Waals surface area (Å²) in [5, 5.41) is 30.6. The molecular formula is C49H90O12S. The van der Waals surface area contributed by atoms with Gasteiger partial charge in [-0.15, -0.1) is 0 Å². The molecular weight excluding hydrogens is 813 g/mol. The van der Waals surface area contributed by atoms with Crippen molar-refractivity contribution < 1.29 is 56.2 Å². The van der Waals surface area contributed by atoms with Crippen LogP contribution in [-0.2, 0) is 38.3 Å². The third-order valence-electron chi connectivity index (χ3n) is 11.3. The van der Waals surface area contributed by atoms with Crippen LogP contribution < -0.4 is 0 Å². The highest BCUT2D eigenvalue weighted by atomic mass is 32.3. The van der Waals surface area contributed by atoms with Crippen molar-refractivity contribution in [3.05, 3.63) is 36.5 Å². The largest absolute Gasteiger partial charge is 0.457 e. The van der Waals surface area contributed by atoms with E-state index in [1.165, 1.54) is 128 Å². The van der Waals surface area contributed by atoms with Crippen molar-refractivity contribution in [3.8, 4) is 0 Å². The number of hydrogen-bond donors (Lipinski definition) is 4. The molecule has 0 saturated carbocycles. The molecule has 0 spiro atoms. The number of carbonyl (C=O) groups is 1. The summed E-state index contributed by atoms with van der Waals surface area (Å²) in [5.74, 6) is -0.403. The van der Waals surface area contributed by atoms with Crippen molar-refractivity contribution in [2.45, 2.75) is 243 Å². The second-order valence-electron chi connectivity index (χ2n) is 17.1. The van der Waals surface area contributed by atoms with Crippen LogP contribution in [0.4, 0.5) is 0 Å². The van der Waals surface area contributed by atoms with Crippen LogP contribution in [-0.4, -0.2) is 97.5 Å². The van der Waals surface area contributed by atoms with Crippen molar-refractivity contribution in [1.82, 2.24) is 0 Å². The molecule has 62 heavy (non-hydrogen) atoms. The van der Waals surface area contributed by atoms with E-state index in [0.29, 0.717) is 13.0 Å². The summed E-state index contributed by atoms with van der Waals surface area (Å²) in [6.07, 6.45) is 39.1. The number of esters is 1. The maximum atomic E-state index is 12.8. The Morgan fingerprint density at radius 3 is 1.55 bits per heavy atom. The summed E-state index contributed by atoms with van der Waals surface area (Å²) in [4.78, 5) is 12.8. The van der Waals surface area contributed by atoms with Gasteiger partial charge in [0, 0.05) is 13.0 Å². The molecule has 1 heterocycles. The zero-order valence-corrected chi connectivity index (χ0v) is 39.7. The van der Waals surface area contributed by atoms with Crippen molar-refractivity contribution in [2.75, 3.05) is 26.4 Å². The Kier molecular flexibility index (Phi) is 38.4. The van der Waals surface area contributed by atoms with Gasteiger partial charge in [0.05, 0.1) is 19.8 Å². The zero-order valence-electron chi connectivity index (χ0n) is 38.9. The van der Waals surface area contributed by atoms with Crippen molar-refractivity contribution in [1.29, 1.82) is 0 Å². The lowest BCUT2D eigenvalue weighted by atomic mass is 9.99. The topological polar surface area (TPSA) is 178 Å². The van der Waals surface area contributed by atoms with Gasteiger partial charge in [0.15, 0.2) is 6.29 Å². The number of carbonyl (C=O) groups excluding carboxylic acids is 1. The maximum absolute atomic E-state index is 12.8. The average Bonchev–Trinajstić information content (AvgIpc) is 3.24. The van der Waals surface area contributed by atoms with Crippen LogP contribution in [0.2, 0.25) is 0 Å². The Labute approximate surface area is 377 Å². The molecule has 1 fully saturated rings. The average molecular weight is 903 g/mol. The van der Waals surface area contributed by atoms with Crippen LogP contribution >= 0.6 is 0 Å². The molecule has 0 amide bonds. The van der Waals surface area contributed by atoms with Crippen LogP contribution in [0.3, 0.4) is 0 Å². The van der Waals surface area contributed by atoms with E-state index in [0.717, 1.165) is 51.4 Å². The summed E-state index contributed by atoms with van der Waals surface area (Å²) < 4.78 is 59.0. The molecule has 1 aliphatic heterocycles. The number of allylic oxidation sites excluding steroid dienone is 6. The molecule has 1 saturated heterocycles. The minimum atomic E-state index is -5.06. The minimum absolute atomic E-state index is 0.0361. The normalized spacial score (nSPS) is 20.3. The molecule has 0 bridgehead atoms. The standard InChI is InChI=1S/C49H90O12S/c1-3-5-7-9-11-13-14-15-16-17-18-19-20-21-22-23-24-25-26-27-28-29-31-33-35-37-39-57-41-43(59-45(51)38-36-34-32-30-12-10-8-6-4-2)42-58-49-47(53)48(61-62(54,55)56)46(52)44(40-50)60-49/h14-15,17-18,20-21,43-44,46-50,52-53H,3-13,16,19,22-42H2,1-2H3,(H,54,55,56)/b15-14-,18-17-,21-20-. The molecule has 0 aliphatic carbocycles. The van der Waals surface area contributed by atoms with E-state index < -0.39 is 59.8 Å². The molecule has 6 atom stereocenters. The summed E-state index contributed by atoms with van der Waals surface area (Å²) >= 11 is 0. The van der Waals surface area contributed by atoms with E-state index >= 15 is 0 Å². The van der Waals surface area contributed by atoms with E-state index in [2.05, 4.69) is 54.5 Å². The minimum Gasteiger partial charge on any atom is -0.457 e. The fourth-order valence-electron chi connectivity index (χ4n) is 7.50. The van der Waals surface area contributed by atoms with Gasteiger partial charge in [-0.3, -0.25) is 9.35 Å². The van der Waals surface area contributed by atoms with Crippen LogP contribution in [0.15, 0.2) is 36.5 Å². The number of ether oxygens (including phenoxy) is 4. The Morgan fingerprint density at radius 2 is 1.06 bits per heavy atom. The lowest BCUT2D eigenvalue weighted by molar-refractivity contribution is -0.301. The molecule has 4 N–H and O–H groups in total. The fourth-order valence-corrected chi connectivity index (χ4v) is 8.01. The Morgan fingerprint density at radius 1 is 0.613 bits per heavy atom. The smallest absolute Gasteiger partial charge is 0.397 e. The number of aliphatic hydroxyl groups is 3. The van der Waals surface area contributed by atoms with E-state index in [4.69, 9.17) is 23.5 Å². The van der Waals surface area contributed by atoms with Gasteiger partial charge in [-0.05, 0) is 51.4 Å². The van der Waals surface area contributed by atoms with E-state index in [-0.39, 0.29) is 19.6 Å². The quantitative estimate of drug-likeness (QED) is 0.0197. The molecule has 0 aromatic heterocycles. The monoisotopic (exact) mass is 903 g/mol. The van der Waals surface area contributed by atoms with Gasteiger partial charge in [-0.1, -0.05) is 185 Å². The van der Waals surface area contributed by atoms with Gasteiger partial charge in [0.2, 0.25) is 0 Å². The SMILES string of the molecule is CCCCCCC/C=C\C/C=C\C/C=C\CCCCCCCCCCCCCOCC(COC1OC(CO)C(O)C(OS(=O)(=O)O)C1O)OC(=O)CCCCCCCCCCC. The maximum Gasteiger partial charge on any atom is 0.397 e. The molecule has 6 unspecified atom stereocenters. The van der Waals surface area contributed by atoms with Crippen molar-refractivity contribution >= 4 is 16.4 Å². The molecule has 0 aromatic carbocycles. The lowest BCUT2D eigenvalue weighted by Crippen LogP contribution is -2.60. The first-order chi connectivity index (χ1) is 30.1. The van der Waals surface area contributed by atoms with Crippen molar-refractivity contribution in [2.24, 2.45) is 0 Å². The highest BCUT2D eigenvalue weighted by Crippen LogP contribution is 2.26. The first-order valence-corrected chi connectivity index (χ1v) is 26.1. The van der Waals surface area contributed by atoms with Gasteiger partial charge in [-0.25, -0.2) is 4.18 Å². The van der Waals surface area contributed by atoms with E-state index in [9.17, 15) is 28.5 Å². The zero-order chi connectivity index (χ0) is 45.4. The van der Waals surface area contributed by atoms with Gasteiger partial charge >= 0.3 is 16.4 Å². The summed E-state index contributed by atoms with van der Waals surface area (Å²) in [7, 11) is -5.06. The summed E-state index contributed by atoms with van der Waals surface area (Å²) in [6, 6.07) is 0. The van der Waals surface area contributed by atoms with Gasteiger partial charge < -0.3 is 34.3 Å². The van der Waals surface area contributed by atoms with Gasteiger partial charge in [0.25, 0.3) is 0 Å². The van der Waals surface area contributed by atoms with E-state index in [1.807, 2.05) is 0 Å². The third kappa shape index (κ3) is 33.8. The lowest BCUT2D eigenvalue weighted by Gasteiger charge is -2.41. The number of aliphatic hydroxyl groups excluding tert-OH is 3. The second kappa shape index (κ2) is 40.8. The first kappa shape index (κ1) is 58.3. The molecule has 12 nitrogen and oxygen atoms in total. The van der Waals surface area contributed by atoms with E-state index in [1.54, 1.807) is 0 Å². The molecule has 0 radical (unpaired) electrons. The number of rotatable bonds is 43. The fraction of sp³-hybridized carbons (Fsp3) is 0.857.